The van der Waals surface area contributed by atoms with Gasteiger partial charge in [0.25, 0.3) is 5.91 Å². The van der Waals surface area contributed by atoms with E-state index < -0.39 is 6.10 Å². The average Bonchev–Trinajstić information content (AvgIpc) is 2.72. The molecule has 3 rings (SSSR count). The SMILES string of the molecule is CC[C@H](Oc1ccc(C)cc1C)C(=O)NCc1ccc(N2CCN(C)CC2)cc1. The molecule has 5 heteroatoms. The Balaban J connectivity index is 1.53. The number of benzene rings is 2. The molecule has 2 aromatic rings. The summed E-state index contributed by atoms with van der Waals surface area (Å²) in [6, 6.07) is 14.5. The highest BCUT2D eigenvalue weighted by Crippen LogP contribution is 2.21. The van der Waals surface area contributed by atoms with Crippen molar-refractivity contribution in [1.82, 2.24) is 10.2 Å². The number of aryl methyl sites for hydroxylation is 2. The van der Waals surface area contributed by atoms with Crippen molar-refractivity contribution in [3.63, 3.8) is 0 Å². The quantitative estimate of drug-likeness (QED) is 0.779. The molecule has 156 valence electrons. The summed E-state index contributed by atoms with van der Waals surface area (Å²) in [6.45, 7) is 10.8. The van der Waals surface area contributed by atoms with E-state index in [4.69, 9.17) is 4.74 Å². The molecule has 1 N–H and O–H groups in total. The van der Waals surface area contributed by atoms with E-state index in [2.05, 4.69) is 59.4 Å². The van der Waals surface area contributed by atoms with Crippen molar-refractivity contribution < 1.29 is 9.53 Å². The minimum absolute atomic E-state index is 0.0735. The number of amides is 1. The van der Waals surface area contributed by atoms with E-state index in [-0.39, 0.29) is 5.91 Å². The van der Waals surface area contributed by atoms with Gasteiger partial charge in [0, 0.05) is 38.4 Å². The van der Waals surface area contributed by atoms with Crippen LogP contribution in [0.4, 0.5) is 5.69 Å². The number of carbonyl (C=O) groups excluding carboxylic acids is 1. The van der Waals surface area contributed by atoms with Crippen LogP contribution < -0.4 is 15.0 Å². The third kappa shape index (κ3) is 5.73. The summed E-state index contributed by atoms with van der Waals surface area (Å²) in [5, 5.41) is 3.02. The molecule has 29 heavy (non-hydrogen) atoms. The van der Waals surface area contributed by atoms with Crippen LogP contribution in [0.2, 0.25) is 0 Å². The molecule has 0 bridgehead atoms. The first-order valence-electron chi connectivity index (χ1n) is 10.5. The topological polar surface area (TPSA) is 44.8 Å². The minimum atomic E-state index is -0.485. The Hall–Kier alpha value is -2.53. The number of hydrogen-bond acceptors (Lipinski definition) is 4. The van der Waals surface area contributed by atoms with Crippen molar-refractivity contribution >= 4 is 11.6 Å². The first kappa shape index (κ1) is 21.2. The Morgan fingerprint density at radius 2 is 1.76 bits per heavy atom. The molecule has 1 aliphatic heterocycles. The van der Waals surface area contributed by atoms with Crippen LogP contribution in [0.1, 0.15) is 30.0 Å². The summed E-state index contributed by atoms with van der Waals surface area (Å²) in [6.07, 6.45) is 0.141. The molecule has 0 radical (unpaired) electrons. The van der Waals surface area contributed by atoms with E-state index in [0.29, 0.717) is 13.0 Å². The van der Waals surface area contributed by atoms with E-state index in [1.807, 2.05) is 26.0 Å². The molecule has 0 spiro atoms. The van der Waals surface area contributed by atoms with Crippen molar-refractivity contribution in [3.05, 3.63) is 59.2 Å². The fourth-order valence-corrected chi connectivity index (χ4v) is 3.60. The van der Waals surface area contributed by atoms with Gasteiger partial charge in [-0.3, -0.25) is 4.79 Å². The van der Waals surface area contributed by atoms with Crippen LogP contribution in [0.5, 0.6) is 5.75 Å². The monoisotopic (exact) mass is 395 g/mol. The summed E-state index contributed by atoms with van der Waals surface area (Å²) in [7, 11) is 2.16. The highest BCUT2D eigenvalue weighted by Gasteiger charge is 2.19. The normalized spacial score (nSPS) is 15.8. The molecule has 2 aromatic carbocycles. The highest BCUT2D eigenvalue weighted by atomic mass is 16.5. The second-order valence-electron chi connectivity index (χ2n) is 7.96. The predicted octanol–water partition coefficient (Wildman–Crippen LogP) is 3.53. The molecule has 0 unspecified atom stereocenters. The molecule has 1 saturated heterocycles. The molecule has 0 saturated carbocycles. The molecule has 0 aliphatic carbocycles. The zero-order valence-electron chi connectivity index (χ0n) is 18.1. The van der Waals surface area contributed by atoms with E-state index in [1.165, 1.54) is 11.3 Å². The lowest BCUT2D eigenvalue weighted by Gasteiger charge is -2.34. The molecule has 1 aliphatic rings. The highest BCUT2D eigenvalue weighted by molar-refractivity contribution is 5.81. The van der Waals surface area contributed by atoms with Crippen molar-refractivity contribution in [1.29, 1.82) is 0 Å². The summed E-state index contributed by atoms with van der Waals surface area (Å²) in [5.74, 6) is 0.699. The molecule has 1 heterocycles. The summed E-state index contributed by atoms with van der Waals surface area (Å²) >= 11 is 0. The van der Waals surface area contributed by atoms with Crippen molar-refractivity contribution in [2.75, 3.05) is 38.1 Å². The summed E-state index contributed by atoms with van der Waals surface area (Å²) < 4.78 is 5.98. The maximum Gasteiger partial charge on any atom is 0.261 e. The first-order valence-corrected chi connectivity index (χ1v) is 10.5. The van der Waals surface area contributed by atoms with Crippen LogP contribution >= 0.6 is 0 Å². The number of nitrogens with zero attached hydrogens (tertiary/aromatic N) is 2. The van der Waals surface area contributed by atoms with Gasteiger partial charge < -0.3 is 19.9 Å². The van der Waals surface area contributed by atoms with Gasteiger partial charge in [-0.05, 0) is 56.6 Å². The van der Waals surface area contributed by atoms with Crippen LogP contribution in [0.25, 0.3) is 0 Å². The van der Waals surface area contributed by atoms with Gasteiger partial charge in [-0.2, -0.15) is 0 Å². The standard InChI is InChI=1S/C24H33N3O2/c1-5-22(29-23-11-6-18(2)16-19(23)3)24(28)25-17-20-7-9-21(10-8-20)27-14-12-26(4)13-15-27/h6-11,16,22H,5,12-15,17H2,1-4H3,(H,25,28)/t22-/m0/s1. The zero-order valence-corrected chi connectivity index (χ0v) is 18.1. The number of carbonyl (C=O) groups is 1. The third-order valence-corrected chi connectivity index (χ3v) is 5.53. The molecule has 0 aromatic heterocycles. The van der Waals surface area contributed by atoms with Crippen molar-refractivity contribution in [3.8, 4) is 5.75 Å². The van der Waals surface area contributed by atoms with Gasteiger partial charge in [0.05, 0.1) is 0 Å². The van der Waals surface area contributed by atoms with Crippen molar-refractivity contribution in [2.45, 2.75) is 39.8 Å². The molecule has 1 amide bonds. The van der Waals surface area contributed by atoms with Crippen LogP contribution in [0.15, 0.2) is 42.5 Å². The number of hydrogen-bond donors (Lipinski definition) is 1. The number of ether oxygens (including phenoxy) is 1. The Kier molecular flexibility index (Phi) is 7.15. The minimum Gasteiger partial charge on any atom is -0.480 e. The summed E-state index contributed by atoms with van der Waals surface area (Å²) in [5.41, 5.74) is 4.58. The van der Waals surface area contributed by atoms with Gasteiger partial charge in [-0.15, -0.1) is 0 Å². The number of nitrogens with one attached hydrogen (secondary N) is 1. The molecule has 1 fully saturated rings. The largest absolute Gasteiger partial charge is 0.480 e. The third-order valence-electron chi connectivity index (χ3n) is 5.53. The molecule has 1 atom stereocenters. The predicted molar refractivity (Wildman–Crippen MR) is 119 cm³/mol. The van der Waals surface area contributed by atoms with Crippen molar-refractivity contribution in [2.24, 2.45) is 0 Å². The zero-order chi connectivity index (χ0) is 20.8. The van der Waals surface area contributed by atoms with Crippen LogP contribution in [0, 0.1) is 13.8 Å². The van der Waals surface area contributed by atoms with Gasteiger partial charge >= 0.3 is 0 Å². The van der Waals surface area contributed by atoms with Gasteiger partial charge in [-0.25, -0.2) is 0 Å². The summed E-state index contributed by atoms with van der Waals surface area (Å²) in [4.78, 5) is 17.4. The van der Waals surface area contributed by atoms with Gasteiger partial charge in [0.2, 0.25) is 0 Å². The Morgan fingerprint density at radius 3 is 2.38 bits per heavy atom. The number of likely N-dealkylation sites (N-methyl/N-ethyl adjacent to an activating group) is 1. The Bertz CT molecular complexity index is 811. The van der Waals surface area contributed by atoms with Gasteiger partial charge in [-0.1, -0.05) is 36.8 Å². The van der Waals surface area contributed by atoms with E-state index in [1.54, 1.807) is 0 Å². The van der Waals surface area contributed by atoms with Gasteiger partial charge in [0.15, 0.2) is 6.10 Å². The smallest absolute Gasteiger partial charge is 0.261 e. The van der Waals surface area contributed by atoms with Crippen LogP contribution in [0.3, 0.4) is 0 Å². The Morgan fingerprint density at radius 1 is 1.07 bits per heavy atom. The van der Waals surface area contributed by atoms with E-state index >= 15 is 0 Å². The number of rotatable bonds is 7. The first-order chi connectivity index (χ1) is 14.0. The molecule has 5 nitrogen and oxygen atoms in total. The van der Waals surface area contributed by atoms with E-state index in [9.17, 15) is 4.79 Å². The van der Waals surface area contributed by atoms with Crippen LogP contribution in [-0.4, -0.2) is 50.1 Å². The Labute approximate surface area is 174 Å². The second-order valence-corrected chi connectivity index (χ2v) is 7.96. The average molecular weight is 396 g/mol. The maximum absolute atomic E-state index is 12.6. The molecular weight excluding hydrogens is 362 g/mol. The lowest BCUT2D eigenvalue weighted by Crippen LogP contribution is -2.44. The number of piperazine rings is 1. The maximum atomic E-state index is 12.6. The van der Waals surface area contributed by atoms with E-state index in [0.717, 1.165) is 43.1 Å². The fraction of sp³-hybridized carbons (Fsp3) is 0.458. The van der Waals surface area contributed by atoms with Gasteiger partial charge in [0.1, 0.15) is 5.75 Å². The lowest BCUT2D eigenvalue weighted by molar-refractivity contribution is -0.128. The molecular formula is C24H33N3O2. The number of anilines is 1. The second kappa shape index (κ2) is 9.79. The lowest BCUT2D eigenvalue weighted by atomic mass is 10.1. The van der Waals surface area contributed by atoms with Crippen LogP contribution in [-0.2, 0) is 11.3 Å². The fourth-order valence-electron chi connectivity index (χ4n) is 3.60.